The topological polar surface area (TPSA) is 64.1 Å². The predicted octanol–water partition coefficient (Wildman–Crippen LogP) is 2.11. The molecular weight excluding hydrogens is 318 g/mol. The highest BCUT2D eigenvalue weighted by Crippen LogP contribution is 2.17. The zero-order chi connectivity index (χ0) is 17.7. The number of benzene rings is 1. The van der Waals surface area contributed by atoms with Gasteiger partial charge in [0.05, 0.1) is 19.3 Å². The van der Waals surface area contributed by atoms with Gasteiger partial charge in [-0.05, 0) is 18.9 Å². The van der Waals surface area contributed by atoms with Crippen LogP contribution in [0.5, 0.6) is 5.75 Å². The smallest absolute Gasteiger partial charge is 0.191 e. The molecule has 25 heavy (non-hydrogen) atoms. The van der Waals surface area contributed by atoms with E-state index in [-0.39, 0.29) is 6.10 Å². The second kappa shape index (κ2) is 11.5. The molecule has 0 spiro atoms. The van der Waals surface area contributed by atoms with Gasteiger partial charge in [0.2, 0.25) is 0 Å². The van der Waals surface area contributed by atoms with Crippen LogP contribution in [0.2, 0.25) is 0 Å². The van der Waals surface area contributed by atoms with Gasteiger partial charge in [-0.25, -0.2) is 0 Å². The van der Waals surface area contributed by atoms with E-state index in [1.54, 1.807) is 13.1 Å². The molecular formula is C19H29N3O3. The van der Waals surface area contributed by atoms with E-state index in [1.165, 1.54) is 0 Å². The highest BCUT2D eigenvalue weighted by atomic mass is 16.5. The Morgan fingerprint density at radius 3 is 3.04 bits per heavy atom. The van der Waals surface area contributed by atoms with Crippen LogP contribution < -0.4 is 15.4 Å². The van der Waals surface area contributed by atoms with E-state index in [2.05, 4.69) is 22.2 Å². The normalized spacial score (nSPS) is 17.3. The molecule has 6 heteroatoms. The van der Waals surface area contributed by atoms with E-state index in [9.17, 15) is 0 Å². The van der Waals surface area contributed by atoms with Gasteiger partial charge in [0, 0.05) is 32.3 Å². The van der Waals surface area contributed by atoms with Crippen molar-refractivity contribution < 1.29 is 14.2 Å². The molecule has 0 radical (unpaired) electrons. The molecule has 6 nitrogen and oxygen atoms in total. The summed E-state index contributed by atoms with van der Waals surface area (Å²) in [5.74, 6) is 1.59. The molecule has 1 aromatic carbocycles. The van der Waals surface area contributed by atoms with Gasteiger partial charge < -0.3 is 24.8 Å². The van der Waals surface area contributed by atoms with Crippen LogP contribution >= 0.6 is 0 Å². The first-order valence-electron chi connectivity index (χ1n) is 8.79. The maximum Gasteiger partial charge on any atom is 0.191 e. The van der Waals surface area contributed by atoms with E-state index in [0.29, 0.717) is 32.9 Å². The van der Waals surface area contributed by atoms with Gasteiger partial charge >= 0.3 is 0 Å². The van der Waals surface area contributed by atoms with Crippen LogP contribution in [0.25, 0.3) is 0 Å². The fourth-order valence-corrected chi connectivity index (χ4v) is 2.57. The minimum atomic E-state index is 0.268. The molecule has 0 aromatic heterocycles. The van der Waals surface area contributed by atoms with Crippen molar-refractivity contribution in [3.63, 3.8) is 0 Å². The number of hydrogen-bond acceptors (Lipinski definition) is 4. The maximum absolute atomic E-state index is 5.66. The lowest BCUT2D eigenvalue weighted by Crippen LogP contribution is -2.38. The molecule has 2 N–H and O–H groups in total. The Labute approximate surface area is 150 Å². The highest BCUT2D eigenvalue weighted by Gasteiger charge is 2.14. The van der Waals surface area contributed by atoms with Crippen LogP contribution in [0.15, 0.2) is 41.9 Å². The fourth-order valence-electron chi connectivity index (χ4n) is 2.57. The predicted molar refractivity (Wildman–Crippen MR) is 100 cm³/mol. The molecule has 1 atom stereocenters. The van der Waals surface area contributed by atoms with E-state index < -0.39 is 0 Å². The molecule has 1 aliphatic heterocycles. The molecule has 1 saturated heterocycles. The Bertz CT molecular complexity index is 542. The van der Waals surface area contributed by atoms with Crippen molar-refractivity contribution in [3.05, 3.63) is 42.5 Å². The molecule has 0 aliphatic carbocycles. The summed E-state index contributed by atoms with van der Waals surface area (Å²) in [5.41, 5.74) is 1.07. The second-order valence-corrected chi connectivity index (χ2v) is 5.77. The minimum Gasteiger partial charge on any atom is -0.489 e. The summed E-state index contributed by atoms with van der Waals surface area (Å²) in [6.45, 7) is 7.65. The number of nitrogens with one attached hydrogen (secondary N) is 2. The molecule has 1 unspecified atom stereocenters. The van der Waals surface area contributed by atoms with Crippen LogP contribution in [0.3, 0.4) is 0 Å². The Morgan fingerprint density at radius 2 is 2.28 bits per heavy atom. The van der Waals surface area contributed by atoms with Gasteiger partial charge in [0.25, 0.3) is 0 Å². The zero-order valence-corrected chi connectivity index (χ0v) is 15.0. The molecule has 1 aromatic rings. The summed E-state index contributed by atoms with van der Waals surface area (Å²) >= 11 is 0. The van der Waals surface area contributed by atoms with Crippen molar-refractivity contribution in [2.75, 3.05) is 40.0 Å². The highest BCUT2D eigenvalue weighted by molar-refractivity contribution is 5.79. The fraction of sp³-hybridized carbons (Fsp3) is 0.526. The maximum atomic E-state index is 5.66. The summed E-state index contributed by atoms with van der Waals surface area (Å²) in [6, 6.07) is 7.94. The van der Waals surface area contributed by atoms with Crippen LogP contribution in [0.4, 0.5) is 0 Å². The standard InChI is InChI=1S/C19H29N3O3/c1-3-11-25-18-9-5-4-7-16(18)14-22-19(20-2)21-10-13-23-15-17-8-6-12-24-17/h3-5,7,9,17H,1,6,8,10-15H2,2H3,(H2,20,21,22). The Balaban J connectivity index is 1.66. The summed E-state index contributed by atoms with van der Waals surface area (Å²) < 4.78 is 16.8. The number of nitrogens with zero attached hydrogens (tertiary/aromatic N) is 1. The lowest BCUT2D eigenvalue weighted by Gasteiger charge is -2.15. The lowest BCUT2D eigenvalue weighted by atomic mass is 10.2. The summed E-state index contributed by atoms with van der Waals surface area (Å²) in [7, 11) is 1.75. The molecule has 1 heterocycles. The van der Waals surface area contributed by atoms with Crippen molar-refractivity contribution in [2.24, 2.45) is 4.99 Å². The van der Waals surface area contributed by atoms with E-state index >= 15 is 0 Å². The van der Waals surface area contributed by atoms with Crippen LogP contribution in [-0.2, 0) is 16.0 Å². The number of ether oxygens (including phenoxy) is 3. The number of guanidine groups is 1. The van der Waals surface area contributed by atoms with Crippen molar-refractivity contribution >= 4 is 5.96 Å². The van der Waals surface area contributed by atoms with Gasteiger partial charge in [-0.3, -0.25) is 4.99 Å². The quantitative estimate of drug-likeness (QED) is 0.294. The number of aliphatic imine (C=N–C) groups is 1. The third kappa shape index (κ3) is 7.15. The molecule has 138 valence electrons. The van der Waals surface area contributed by atoms with Crippen molar-refractivity contribution in [1.29, 1.82) is 0 Å². The lowest BCUT2D eigenvalue weighted by molar-refractivity contribution is 0.0191. The van der Waals surface area contributed by atoms with Crippen LogP contribution in [-0.4, -0.2) is 52.1 Å². The summed E-state index contributed by atoms with van der Waals surface area (Å²) in [6.07, 6.45) is 4.25. The molecule has 0 amide bonds. The molecule has 1 fully saturated rings. The van der Waals surface area contributed by atoms with Crippen LogP contribution in [0.1, 0.15) is 18.4 Å². The number of rotatable bonds is 10. The van der Waals surface area contributed by atoms with Crippen LogP contribution in [0, 0.1) is 0 Å². The Hall–Kier alpha value is -2.05. The largest absolute Gasteiger partial charge is 0.489 e. The first kappa shape index (κ1) is 19.3. The average Bonchev–Trinajstić information content (AvgIpc) is 3.16. The molecule has 0 bridgehead atoms. The van der Waals surface area contributed by atoms with Crippen molar-refractivity contribution in [3.8, 4) is 5.75 Å². The average molecular weight is 347 g/mol. The molecule has 1 aliphatic rings. The first-order chi connectivity index (χ1) is 12.3. The molecule has 2 rings (SSSR count). The summed E-state index contributed by atoms with van der Waals surface area (Å²) in [5, 5.41) is 6.53. The first-order valence-corrected chi connectivity index (χ1v) is 8.79. The second-order valence-electron chi connectivity index (χ2n) is 5.77. The van der Waals surface area contributed by atoms with Crippen molar-refractivity contribution in [1.82, 2.24) is 10.6 Å². The SMILES string of the molecule is C=CCOc1ccccc1CNC(=NC)NCCOCC1CCCO1. The van der Waals surface area contributed by atoms with Gasteiger partial charge in [0.1, 0.15) is 12.4 Å². The van der Waals surface area contributed by atoms with Gasteiger partial charge in [-0.15, -0.1) is 0 Å². The number of para-hydroxylation sites is 1. The monoisotopic (exact) mass is 347 g/mol. The number of hydrogen-bond donors (Lipinski definition) is 2. The van der Waals surface area contributed by atoms with Gasteiger partial charge in [-0.2, -0.15) is 0 Å². The van der Waals surface area contributed by atoms with E-state index in [0.717, 1.165) is 36.7 Å². The van der Waals surface area contributed by atoms with Gasteiger partial charge in [0.15, 0.2) is 5.96 Å². The van der Waals surface area contributed by atoms with E-state index in [1.807, 2.05) is 24.3 Å². The zero-order valence-electron chi connectivity index (χ0n) is 15.0. The third-order valence-corrected chi connectivity index (χ3v) is 3.87. The molecule has 0 saturated carbocycles. The Kier molecular flexibility index (Phi) is 8.86. The third-order valence-electron chi connectivity index (χ3n) is 3.87. The minimum absolute atomic E-state index is 0.268. The summed E-state index contributed by atoms with van der Waals surface area (Å²) in [4.78, 5) is 4.23. The van der Waals surface area contributed by atoms with Crippen molar-refractivity contribution in [2.45, 2.75) is 25.5 Å². The Morgan fingerprint density at radius 1 is 1.40 bits per heavy atom. The van der Waals surface area contributed by atoms with E-state index in [4.69, 9.17) is 14.2 Å². The van der Waals surface area contributed by atoms with Gasteiger partial charge in [-0.1, -0.05) is 30.9 Å².